The monoisotopic (exact) mass is 374 g/mol. The normalized spacial score (nSPS) is 10.7. The maximum Gasteiger partial charge on any atom is 0.269 e. The Morgan fingerprint density at radius 2 is 1.75 bits per heavy atom. The molecule has 0 N–H and O–H groups in total. The van der Waals surface area contributed by atoms with Crippen LogP contribution in [0.1, 0.15) is 5.82 Å². The molecule has 0 fully saturated rings. The Morgan fingerprint density at radius 3 is 2.46 bits per heavy atom. The topological polar surface area (TPSA) is 100 Å². The van der Waals surface area contributed by atoms with Crippen LogP contribution in [-0.4, -0.2) is 19.5 Å². The summed E-state index contributed by atoms with van der Waals surface area (Å²) < 4.78 is 7.13. The summed E-state index contributed by atoms with van der Waals surface area (Å²) in [5.74, 6) is 1.24. The van der Waals surface area contributed by atoms with Gasteiger partial charge in [0.2, 0.25) is 0 Å². The van der Waals surface area contributed by atoms with Crippen molar-refractivity contribution in [2.75, 3.05) is 0 Å². The average Bonchev–Trinajstić information content (AvgIpc) is 2.73. The maximum absolute atomic E-state index is 13.0. The van der Waals surface area contributed by atoms with E-state index in [-0.39, 0.29) is 17.9 Å². The van der Waals surface area contributed by atoms with Crippen molar-refractivity contribution in [2.45, 2.75) is 6.61 Å². The molecule has 4 rings (SSSR count). The molecule has 28 heavy (non-hydrogen) atoms. The van der Waals surface area contributed by atoms with Gasteiger partial charge in [-0.1, -0.05) is 18.2 Å². The fourth-order valence-electron chi connectivity index (χ4n) is 2.81. The summed E-state index contributed by atoms with van der Waals surface area (Å²) in [6.45, 7) is -0.00550. The first-order valence-electron chi connectivity index (χ1n) is 8.43. The number of fused-ring (bicyclic) bond motifs is 1. The Balaban J connectivity index is 1.75. The van der Waals surface area contributed by atoms with Crippen molar-refractivity contribution in [3.63, 3.8) is 0 Å². The van der Waals surface area contributed by atoms with Gasteiger partial charge in [-0.25, -0.2) is 14.5 Å². The first kappa shape index (κ1) is 17.3. The predicted molar refractivity (Wildman–Crippen MR) is 103 cm³/mol. The van der Waals surface area contributed by atoms with Gasteiger partial charge in [-0.2, -0.15) is 0 Å². The van der Waals surface area contributed by atoms with Crippen molar-refractivity contribution in [3.8, 4) is 11.6 Å². The fourth-order valence-corrected chi connectivity index (χ4v) is 2.81. The van der Waals surface area contributed by atoms with Crippen LogP contribution in [0.15, 0.2) is 77.7 Å². The minimum atomic E-state index is -0.479. The molecule has 0 saturated carbocycles. The number of nitro benzene ring substituents is 1. The number of nitrogens with zero attached hydrogens (tertiary/aromatic N) is 4. The molecule has 138 valence electrons. The number of pyridine rings is 1. The van der Waals surface area contributed by atoms with Gasteiger partial charge in [-0.05, 0) is 36.4 Å². The van der Waals surface area contributed by atoms with E-state index >= 15 is 0 Å². The molecule has 0 unspecified atom stereocenters. The van der Waals surface area contributed by atoms with E-state index in [4.69, 9.17) is 4.74 Å². The largest absolute Gasteiger partial charge is 0.486 e. The van der Waals surface area contributed by atoms with E-state index in [1.807, 2.05) is 0 Å². The zero-order valence-electron chi connectivity index (χ0n) is 14.6. The second kappa shape index (κ2) is 7.28. The van der Waals surface area contributed by atoms with Crippen LogP contribution in [0.25, 0.3) is 16.7 Å². The zero-order valence-corrected chi connectivity index (χ0v) is 14.6. The number of hydrogen-bond donors (Lipinski definition) is 0. The lowest BCUT2D eigenvalue weighted by Gasteiger charge is -2.13. The lowest BCUT2D eigenvalue weighted by Crippen LogP contribution is -2.25. The van der Waals surface area contributed by atoms with Gasteiger partial charge in [-0.3, -0.25) is 14.9 Å². The van der Waals surface area contributed by atoms with Gasteiger partial charge in [0.15, 0.2) is 5.82 Å². The average molecular weight is 374 g/mol. The summed E-state index contributed by atoms with van der Waals surface area (Å²) in [6, 6.07) is 18.0. The highest BCUT2D eigenvalue weighted by molar-refractivity contribution is 5.77. The van der Waals surface area contributed by atoms with Crippen molar-refractivity contribution < 1.29 is 9.66 Å². The minimum Gasteiger partial charge on any atom is -0.486 e. The van der Waals surface area contributed by atoms with E-state index in [1.165, 1.54) is 28.8 Å². The first-order chi connectivity index (χ1) is 13.6. The highest BCUT2D eigenvalue weighted by Crippen LogP contribution is 2.19. The summed E-state index contributed by atoms with van der Waals surface area (Å²) in [5.41, 5.74) is 0.287. The SMILES string of the molecule is O=c1c2ccccc2nc(COc2ccc([N+](=O)[O-])cc2)n1-c1ccccn1. The number of non-ortho nitro benzene ring substituents is 1. The van der Waals surface area contributed by atoms with E-state index in [9.17, 15) is 14.9 Å². The molecule has 2 aromatic heterocycles. The van der Waals surface area contributed by atoms with Crippen molar-refractivity contribution in [1.29, 1.82) is 0 Å². The van der Waals surface area contributed by atoms with E-state index < -0.39 is 4.92 Å². The lowest BCUT2D eigenvalue weighted by molar-refractivity contribution is -0.384. The molecule has 0 aliphatic heterocycles. The van der Waals surface area contributed by atoms with E-state index in [0.717, 1.165) is 0 Å². The van der Waals surface area contributed by atoms with Crippen molar-refractivity contribution in [2.24, 2.45) is 0 Å². The molecule has 0 amide bonds. The lowest BCUT2D eigenvalue weighted by atomic mass is 10.2. The smallest absolute Gasteiger partial charge is 0.269 e. The molecule has 8 heteroatoms. The first-order valence-corrected chi connectivity index (χ1v) is 8.43. The molecular weight excluding hydrogens is 360 g/mol. The summed E-state index contributed by atoms with van der Waals surface area (Å²) in [7, 11) is 0. The van der Waals surface area contributed by atoms with Crippen LogP contribution < -0.4 is 10.3 Å². The van der Waals surface area contributed by atoms with Gasteiger partial charge in [0.25, 0.3) is 11.2 Å². The fraction of sp³-hybridized carbons (Fsp3) is 0.0500. The van der Waals surface area contributed by atoms with E-state index in [0.29, 0.717) is 28.3 Å². The van der Waals surface area contributed by atoms with Gasteiger partial charge >= 0.3 is 0 Å². The third kappa shape index (κ3) is 3.30. The molecule has 0 bridgehead atoms. The van der Waals surface area contributed by atoms with E-state index in [1.54, 1.807) is 48.7 Å². The van der Waals surface area contributed by atoms with Crippen LogP contribution in [0.3, 0.4) is 0 Å². The molecule has 4 aromatic rings. The number of nitro groups is 1. The van der Waals surface area contributed by atoms with E-state index in [2.05, 4.69) is 9.97 Å². The summed E-state index contributed by atoms with van der Waals surface area (Å²) >= 11 is 0. The second-order valence-corrected chi connectivity index (χ2v) is 5.91. The summed E-state index contributed by atoms with van der Waals surface area (Å²) in [5, 5.41) is 11.2. The number of para-hydroxylation sites is 1. The van der Waals surface area contributed by atoms with Gasteiger partial charge in [0.05, 0.1) is 15.8 Å². The standard InChI is InChI=1S/C20H14N4O4/c25-20-16-5-1-2-6-17(16)22-19(23(20)18-7-3-4-12-21-18)13-28-15-10-8-14(9-11-15)24(26)27/h1-12H,13H2. The van der Waals surface area contributed by atoms with Gasteiger partial charge < -0.3 is 4.74 Å². The molecule has 0 spiro atoms. The molecule has 0 radical (unpaired) electrons. The molecule has 8 nitrogen and oxygen atoms in total. The van der Waals surface area contributed by atoms with Crippen LogP contribution in [-0.2, 0) is 6.61 Å². The predicted octanol–water partition coefficient (Wildman–Crippen LogP) is 3.27. The Bertz CT molecular complexity index is 1200. The third-order valence-corrected chi connectivity index (χ3v) is 4.14. The summed E-state index contributed by atoms with van der Waals surface area (Å²) in [4.78, 5) is 32.1. The Morgan fingerprint density at radius 1 is 1.00 bits per heavy atom. The van der Waals surface area contributed by atoms with Gasteiger partial charge in [0, 0.05) is 18.3 Å². The Hall–Kier alpha value is -4.07. The van der Waals surface area contributed by atoms with Gasteiger partial charge in [0.1, 0.15) is 18.2 Å². The van der Waals surface area contributed by atoms with Crippen molar-refractivity contribution in [1.82, 2.24) is 14.5 Å². The number of ether oxygens (including phenoxy) is 1. The van der Waals surface area contributed by atoms with Crippen LogP contribution in [0.2, 0.25) is 0 Å². The number of benzene rings is 2. The molecule has 0 atom stereocenters. The molecule has 0 aliphatic carbocycles. The van der Waals surface area contributed by atoms with Crippen LogP contribution in [0.5, 0.6) is 5.75 Å². The van der Waals surface area contributed by atoms with Crippen molar-refractivity contribution >= 4 is 16.6 Å². The molecule has 0 saturated heterocycles. The highest BCUT2D eigenvalue weighted by atomic mass is 16.6. The Labute approximate surface area is 158 Å². The van der Waals surface area contributed by atoms with Crippen molar-refractivity contribution in [3.05, 3.63) is 99.2 Å². The molecule has 2 heterocycles. The molecular formula is C20H14N4O4. The van der Waals surface area contributed by atoms with Crippen LogP contribution in [0, 0.1) is 10.1 Å². The number of rotatable bonds is 5. The zero-order chi connectivity index (χ0) is 19.5. The number of aromatic nitrogens is 3. The second-order valence-electron chi connectivity index (χ2n) is 5.91. The van der Waals surface area contributed by atoms with Gasteiger partial charge in [-0.15, -0.1) is 0 Å². The van der Waals surface area contributed by atoms with Crippen LogP contribution in [0.4, 0.5) is 5.69 Å². The van der Waals surface area contributed by atoms with Crippen LogP contribution >= 0.6 is 0 Å². The summed E-state index contributed by atoms with van der Waals surface area (Å²) in [6.07, 6.45) is 1.60. The number of hydrogen-bond acceptors (Lipinski definition) is 6. The molecule has 0 aliphatic rings. The third-order valence-electron chi connectivity index (χ3n) is 4.14. The minimum absolute atomic E-state index is 0.00550. The quantitative estimate of drug-likeness (QED) is 0.393. The Kier molecular flexibility index (Phi) is 4.51. The highest BCUT2D eigenvalue weighted by Gasteiger charge is 2.14. The molecule has 2 aromatic carbocycles. The maximum atomic E-state index is 13.0.